The number of benzene rings is 2. The maximum absolute atomic E-state index is 13.4. The zero-order valence-electron chi connectivity index (χ0n) is 15.7. The van der Waals surface area contributed by atoms with Gasteiger partial charge in [0.15, 0.2) is 0 Å². The van der Waals surface area contributed by atoms with Gasteiger partial charge in [0.1, 0.15) is 5.82 Å². The second kappa shape index (κ2) is 8.42. The molecule has 0 radical (unpaired) electrons. The van der Waals surface area contributed by atoms with E-state index in [4.69, 9.17) is 4.52 Å². The Kier molecular flexibility index (Phi) is 5.53. The van der Waals surface area contributed by atoms with Crippen LogP contribution in [0.15, 0.2) is 77.6 Å². The molecule has 0 aliphatic rings. The van der Waals surface area contributed by atoms with Crippen molar-refractivity contribution in [1.82, 2.24) is 15.1 Å². The van der Waals surface area contributed by atoms with Crippen LogP contribution in [0, 0.1) is 5.82 Å². The summed E-state index contributed by atoms with van der Waals surface area (Å²) < 4.78 is 46.4. The molecule has 4 aromatic rings. The molecule has 7 nitrogen and oxygen atoms in total. The Balaban J connectivity index is 1.52. The molecule has 2 aromatic carbocycles. The summed E-state index contributed by atoms with van der Waals surface area (Å²) in [5.74, 6) is -0.0815. The Bertz CT molecular complexity index is 1260. The second-order valence-corrected chi connectivity index (χ2v) is 8.30. The van der Waals surface area contributed by atoms with Gasteiger partial charge in [0.2, 0.25) is 21.7 Å². The van der Waals surface area contributed by atoms with Gasteiger partial charge in [0, 0.05) is 18.0 Å². The minimum atomic E-state index is -3.75. The van der Waals surface area contributed by atoms with Gasteiger partial charge >= 0.3 is 0 Å². The van der Waals surface area contributed by atoms with Crippen LogP contribution in [0.5, 0.6) is 0 Å². The number of hydrogen-bond acceptors (Lipinski definition) is 6. The fourth-order valence-corrected chi connectivity index (χ4v) is 4.15. The fraction of sp³-hybridized carbons (Fsp3) is 0.0952. The Morgan fingerprint density at radius 3 is 2.70 bits per heavy atom. The largest absolute Gasteiger partial charge is 0.339 e. The van der Waals surface area contributed by atoms with Gasteiger partial charge in [0.05, 0.1) is 17.9 Å². The normalized spacial score (nSPS) is 11.4. The van der Waals surface area contributed by atoms with Crippen LogP contribution >= 0.6 is 0 Å². The number of anilines is 1. The Labute approximate surface area is 172 Å². The molecule has 0 amide bonds. The first kappa shape index (κ1) is 19.7. The van der Waals surface area contributed by atoms with Crippen LogP contribution in [0.1, 0.15) is 17.0 Å². The van der Waals surface area contributed by atoms with Crippen LogP contribution in [0.4, 0.5) is 10.1 Å². The summed E-state index contributed by atoms with van der Waals surface area (Å²) >= 11 is 0. The predicted molar refractivity (Wildman–Crippen MR) is 109 cm³/mol. The van der Waals surface area contributed by atoms with Crippen molar-refractivity contribution in [3.05, 3.63) is 95.9 Å². The molecule has 2 heterocycles. The van der Waals surface area contributed by atoms with E-state index < -0.39 is 15.8 Å². The van der Waals surface area contributed by atoms with E-state index in [1.807, 2.05) is 6.07 Å². The van der Waals surface area contributed by atoms with Crippen LogP contribution in [0.2, 0.25) is 0 Å². The Hall–Kier alpha value is -3.59. The van der Waals surface area contributed by atoms with Crippen molar-refractivity contribution in [2.24, 2.45) is 0 Å². The molecule has 0 bridgehead atoms. The number of sulfonamides is 1. The summed E-state index contributed by atoms with van der Waals surface area (Å²) in [6, 6.07) is 16.0. The smallest absolute Gasteiger partial charge is 0.236 e. The zero-order chi connectivity index (χ0) is 21.0. The van der Waals surface area contributed by atoms with Crippen LogP contribution < -0.4 is 4.72 Å². The maximum atomic E-state index is 13.4. The number of para-hydroxylation sites is 1. The average molecular weight is 424 g/mol. The molecule has 0 atom stereocenters. The van der Waals surface area contributed by atoms with E-state index in [1.165, 1.54) is 18.2 Å². The molecule has 1 N–H and O–H groups in total. The molecule has 0 spiro atoms. The van der Waals surface area contributed by atoms with E-state index in [2.05, 4.69) is 19.8 Å². The zero-order valence-corrected chi connectivity index (χ0v) is 16.5. The first-order chi connectivity index (χ1) is 14.5. The molecule has 0 aliphatic carbocycles. The lowest BCUT2D eigenvalue weighted by atomic mass is 10.1. The Morgan fingerprint density at radius 1 is 1.03 bits per heavy atom. The van der Waals surface area contributed by atoms with Crippen LogP contribution in [-0.4, -0.2) is 23.5 Å². The first-order valence-electron chi connectivity index (χ1n) is 9.04. The highest BCUT2D eigenvalue weighted by Gasteiger charge is 2.16. The number of aromatic nitrogens is 3. The van der Waals surface area contributed by atoms with Gasteiger partial charge < -0.3 is 4.52 Å². The second-order valence-electron chi connectivity index (χ2n) is 6.58. The van der Waals surface area contributed by atoms with Crippen LogP contribution in [-0.2, 0) is 22.2 Å². The third-order valence-electron chi connectivity index (χ3n) is 4.26. The van der Waals surface area contributed by atoms with Crippen LogP contribution in [0.3, 0.4) is 0 Å². The van der Waals surface area contributed by atoms with E-state index in [-0.39, 0.29) is 12.2 Å². The van der Waals surface area contributed by atoms with E-state index in [1.54, 1.807) is 48.8 Å². The number of nitrogens with one attached hydrogen (secondary N) is 1. The molecule has 4 rings (SSSR count). The average Bonchev–Trinajstić information content (AvgIpc) is 3.18. The summed E-state index contributed by atoms with van der Waals surface area (Å²) in [5, 5.41) is 3.95. The van der Waals surface area contributed by atoms with E-state index in [9.17, 15) is 12.8 Å². The Morgan fingerprint density at radius 2 is 1.90 bits per heavy atom. The van der Waals surface area contributed by atoms with Gasteiger partial charge in [-0.05, 0) is 41.5 Å². The standard InChI is InChI=1S/C21H17FN4O3S/c22-18-8-3-5-15(11-18)14-30(27,28)26-19-9-2-1-6-16(19)12-20-24-21(25-29-20)17-7-4-10-23-13-17/h1-11,13,26H,12,14H2. The highest BCUT2D eigenvalue weighted by molar-refractivity contribution is 7.91. The molecule has 2 aromatic heterocycles. The lowest BCUT2D eigenvalue weighted by Crippen LogP contribution is -2.16. The van der Waals surface area contributed by atoms with Crippen molar-refractivity contribution in [1.29, 1.82) is 0 Å². The molecule has 0 fully saturated rings. The number of pyridine rings is 1. The van der Waals surface area contributed by atoms with Crippen molar-refractivity contribution in [3.8, 4) is 11.4 Å². The molecular weight excluding hydrogens is 407 g/mol. The van der Waals surface area contributed by atoms with Crippen molar-refractivity contribution in [2.75, 3.05) is 4.72 Å². The summed E-state index contributed by atoms with van der Waals surface area (Å²) in [5.41, 5.74) is 2.14. The van der Waals surface area contributed by atoms with Gasteiger partial charge in [-0.3, -0.25) is 9.71 Å². The summed E-state index contributed by atoms with van der Waals surface area (Å²) in [6.45, 7) is 0. The van der Waals surface area contributed by atoms with E-state index in [0.29, 0.717) is 28.5 Å². The lowest BCUT2D eigenvalue weighted by Gasteiger charge is -2.12. The number of halogens is 1. The quantitative estimate of drug-likeness (QED) is 0.485. The molecule has 0 saturated carbocycles. The summed E-state index contributed by atoms with van der Waals surface area (Å²) in [6.07, 6.45) is 3.52. The van der Waals surface area contributed by atoms with Gasteiger partial charge in [-0.1, -0.05) is 35.5 Å². The monoisotopic (exact) mass is 424 g/mol. The summed E-state index contributed by atoms with van der Waals surface area (Å²) in [4.78, 5) is 8.38. The molecule has 30 heavy (non-hydrogen) atoms. The molecular formula is C21H17FN4O3S. The van der Waals surface area contributed by atoms with Gasteiger partial charge in [-0.2, -0.15) is 4.98 Å². The highest BCUT2D eigenvalue weighted by atomic mass is 32.2. The van der Waals surface area contributed by atoms with Gasteiger partial charge in [-0.25, -0.2) is 12.8 Å². The SMILES string of the molecule is O=S(=O)(Cc1cccc(F)c1)Nc1ccccc1Cc1nc(-c2cccnc2)no1. The first-order valence-corrected chi connectivity index (χ1v) is 10.7. The van der Waals surface area contributed by atoms with Gasteiger partial charge in [-0.15, -0.1) is 0 Å². The van der Waals surface area contributed by atoms with Crippen molar-refractivity contribution >= 4 is 15.7 Å². The number of nitrogens with zero attached hydrogens (tertiary/aromatic N) is 3. The van der Waals surface area contributed by atoms with Crippen molar-refractivity contribution < 1.29 is 17.3 Å². The number of hydrogen-bond donors (Lipinski definition) is 1. The molecule has 0 unspecified atom stereocenters. The number of rotatable bonds is 7. The third-order valence-corrected chi connectivity index (χ3v) is 5.50. The minimum absolute atomic E-state index is 0.242. The van der Waals surface area contributed by atoms with Gasteiger partial charge in [0.25, 0.3) is 0 Å². The maximum Gasteiger partial charge on any atom is 0.236 e. The van der Waals surface area contributed by atoms with Crippen LogP contribution in [0.25, 0.3) is 11.4 Å². The highest BCUT2D eigenvalue weighted by Crippen LogP contribution is 2.22. The van der Waals surface area contributed by atoms with Crippen molar-refractivity contribution in [2.45, 2.75) is 12.2 Å². The van der Waals surface area contributed by atoms with E-state index in [0.717, 1.165) is 5.56 Å². The lowest BCUT2D eigenvalue weighted by molar-refractivity contribution is 0.386. The summed E-state index contributed by atoms with van der Waals surface area (Å²) in [7, 11) is -3.75. The fourth-order valence-electron chi connectivity index (χ4n) is 2.93. The van der Waals surface area contributed by atoms with E-state index >= 15 is 0 Å². The topological polar surface area (TPSA) is 98.0 Å². The predicted octanol–water partition coefficient (Wildman–Crippen LogP) is 3.80. The molecule has 9 heteroatoms. The molecule has 0 aliphatic heterocycles. The molecule has 152 valence electrons. The van der Waals surface area contributed by atoms with Crippen molar-refractivity contribution in [3.63, 3.8) is 0 Å². The minimum Gasteiger partial charge on any atom is -0.339 e. The molecule has 0 saturated heterocycles. The third kappa shape index (κ3) is 4.87.